The van der Waals surface area contributed by atoms with Crippen molar-refractivity contribution < 1.29 is 4.79 Å². The number of nitriles is 1. The van der Waals surface area contributed by atoms with E-state index in [1.54, 1.807) is 0 Å². The van der Waals surface area contributed by atoms with Crippen molar-refractivity contribution in [3.8, 4) is 6.07 Å². The molecule has 1 N–H and O–H groups in total. The van der Waals surface area contributed by atoms with Crippen LogP contribution in [-0.4, -0.2) is 22.9 Å². The molecule has 0 bridgehead atoms. The molecule has 4 heteroatoms. The van der Waals surface area contributed by atoms with Crippen LogP contribution < -0.4 is 5.32 Å². The molecule has 0 saturated heterocycles. The summed E-state index contributed by atoms with van der Waals surface area (Å²) in [6, 6.07) is 19.7. The number of carbonyl (C=O) groups excluding carboxylic acids is 1. The quantitative estimate of drug-likeness (QED) is 0.797. The molecule has 0 heterocycles. The summed E-state index contributed by atoms with van der Waals surface area (Å²) >= 11 is 0. The maximum absolute atomic E-state index is 13.0. The van der Waals surface area contributed by atoms with Crippen molar-refractivity contribution in [1.29, 1.82) is 5.26 Å². The summed E-state index contributed by atoms with van der Waals surface area (Å²) < 4.78 is 0. The number of rotatable bonds is 6. The molecule has 2 aliphatic carbocycles. The van der Waals surface area contributed by atoms with Crippen LogP contribution in [0, 0.1) is 18.3 Å². The van der Waals surface area contributed by atoms with Crippen molar-refractivity contribution in [1.82, 2.24) is 10.2 Å². The van der Waals surface area contributed by atoms with Crippen LogP contribution >= 0.6 is 0 Å². The molecule has 2 aromatic carbocycles. The molecule has 4 rings (SSSR count). The molecule has 0 aromatic heterocycles. The van der Waals surface area contributed by atoms with Gasteiger partial charge < -0.3 is 5.32 Å². The molecule has 2 aliphatic rings. The minimum absolute atomic E-state index is 0.0371. The summed E-state index contributed by atoms with van der Waals surface area (Å²) in [5.41, 5.74) is 4.50. The van der Waals surface area contributed by atoms with Crippen molar-refractivity contribution in [2.75, 3.05) is 6.54 Å². The van der Waals surface area contributed by atoms with Crippen molar-refractivity contribution in [3.63, 3.8) is 0 Å². The summed E-state index contributed by atoms with van der Waals surface area (Å²) in [6.45, 7) is 3.13. The Bertz CT molecular complexity index is 906. The van der Waals surface area contributed by atoms with E-state index < -0.39 is 5.54 Å². The number of aryl methyl sites for hydroxylation is 2. The Balaban J connectivity index is 1.54. The highest BCUT2D eigenvalue weighted by atomic mass is 16.2. The molecular weight excluding hydrogens is 358 g/mol. The lowest BCUT2D eigenvalue weighted by atomic mass is 9.99. The van der Waals surface area contributed by atoms with Gasteiger partial charge in [0.25, 0.3) is 0 Å². The third-order valence-corrected chi connectivity index (χ3v) is 6.44. The third kappa shape index (κ3) is 4.36. The molecule has 4 nitrogen and oxygen atoms in total. The molecule has 1 atom stereocenters. The fourth-order valence-electron chi connectivity index (χ4n) is 4.85. The summed E-state index contributed by atoms with van der Waals surface area (Å²) in [5.74, 6) is -0.0371. The van der Waals surface area contributed by atoms with Gasteiger partial charge in [-0.1, -0.05) is 54.1 Å². The molecule has 29 heavy (non-hydrogen) atoms. The zero-order chi connectivity index (χ0) is 20.3. The van der Waals surface area contributed by atoms with Crippen LogP contribution in [0.25, 0.3) is 0 Å². The maximum atomic E-state index is 13.0. The smallest absolute Gasteiger partial charge is 0.235 e. The molecule has 0 unspecified atom stereocenters. The average Bonchev–Trinajstić information content (AvgIpc) is 3.36. The van der Waals surface area contributed by atoms with Gasteiger partial charge in [0.2, 0.25) is 5.91 Å². The Morgan fingerprint density at radius 2 is 1.90 bits per heavy atom. The number of fused-ring (bicyclic) bond motifs is 1. The minimum Gasteiger partial charge on any atom is -0.337 e. The highest BCUT2D eigenvalue weighted by Gasteiger charge is 2.36. The van der Waals surface area contributed by atoms with Gasteiger partial charge in [-0.05, 0) is 62.1 Å². The van der Waals surface area contributed by atoms with Crippen molar-refractivity contribution >= 4 is 5.91 Å². The first-order chi connectivity index (χ1) is 14.1. The van der Waals surface area contributed by atoms with Crippen LogP contribution in [0.15, 0.2) is 48.5 Å². The van der Waals surface area contributed by atoms with Gasteiger partial charge in [0.05, 0.1) is 12.6 Å². The first kappa shape index (κ1) is 19.7. The van der Waals surface area contributed by atoms with Crippen LogP contribution in [0.3, 0.4) is 0 Å². The Morgan fingerprint density at radius 3 is 2.62 bits per heavy atom. The van der Waals surface area contributed by atoms with Crippen LogP contribution in [0.1, 0.15) is 60.4 Å². The molecule has 1 fully saturated rings. The molecular formula is C25H29N3O. The SMILES string of the molecule is Cc1ccc(CN(CC(=O)NC2(C#N)CCCC2)[C@H]2CCc3ccccc32)cc1. The van der Waals surface area contributed by atoms with E-state index in [2.05, 4.69) is 71.7 Å². The Hall–Kier alpha value is -2.64. The molecule has 0 radical (unpaired) electrons. The Morgan fingerprint density at radius 1 is 1.17 bits per heavy atom. The van der Waals surface area contributed by atoms with E-state index in [4.69, 9.17) is 0 Å². The number of hydrogen-bond donors (Lipinski definition) is 1. The largest absolute Gasteiger partial charge is 0.337 e. The Kier molecular flexibility index (Phi) is 5.69. The van der Waals surface area contributed by atoms with Gasteiger partial charge in [0.15, 0.2) is 0 Å². The summed E-state index contributed by atoms with van der Waals surface area (Å²) in [4.78, 5) is 15.3. The second-order valence-electron chi connectivity index (χ2n) is 8.59. The van der Waals surface area contributed by atoms with E-state index in [-0.39, 0.29) is 11.9 Å². The highest BCUT2D eigenvalue weighted by Crippen LogP contribution is 2.36. The van der Waals surface area contributed by atoms with Gasteiger partial charge in [-0.2, -0.15) is 5.26 Å². The molecule has 150 valence electrons. The number of benzene rings is 2. The van der Waals surface area contributed by atoms with Crippen LogP contribution in [0.5, 0.6) is 0 Å². The predicted octanol–water partition coefficient (Wildman–Crippen LogP) is 4.44. The maximum Gasteiger partial charge on any atom is 0.235 e. The van der Waals surface area contributed by atoms with E-state index >= 15 is 0 Å². The van der Waals surface area contributed by atoms with E-state index in [0.717, 1.165) is 45.1 Å². The first-order valence-electron chi connectivity index (χ1n) is 10.7. The fourth-order valence-corrected chi connectivity index (χ4v) is 4.85. The summed E-state index contributed by atoms with van der Waals surface area (Å²) in [5, 5.41) is 12.7. The van der Waals surface area contributed by atoms with Gasteiger partial charge in [-0.25, -0.2) is 0 Å². The standard InChI is InChI=1S/C25H29N3O/c1-19-8-10-20(11-9-19)16-28(23-13-12-21-6-2-3-7-22(21)23)17-24(29)27-25(18-26)14-4-5-15-25/h2-3,6-11,23H,4-5,12-17H2,1H3,(H,27,29)/t23-/m0/s1. The molecule has 0 spiro atoms. The molecule has 1 amide bonds. The number of carbonyl (C=O) groups is 1. The van der Waals surface area contributed by atoms with Gasteiger partial charge in [0.1, 0.15) is 5.54 Å². The second kappa shape index (κ2) is 8.39. The van der Waals surface area contributed by atoms with Crippen molar-refractivity contribution in [3.05, 3.63) is 70.8 Å². The van der Waals surface area contributed by atoms with Gasteiger partial charge in [-0.15, -0.1) is 0 Å². The lowest BCUT2D eigenvalue weighted by Crippen LogP contribution is -2.49. The predicted molar refractivity (Wildman–Crippen MR) is 114 cm³/mol. The number of nitrogens with one attached hydrogen (secondary N) is 1. The normalized spacial score (nSPS) is 19.7. The number of hydrogen-bond acceptors (Lipinski definition) is 3. The number of nitrogens with zero attached hydrogens (tertiary/aromatic N) is 2. The van der Waals surface area contributed by atoms with Gasteiger partial charge in [-0.3, -0.25) is 9.69 Å². The number of amides is 1. The van der Waals surface area contributed by atoms with E-state index in [0.29, 0.717) is 6.54 Å². The fraction of sp³-hybridized carbons (Fsp3) is 0.440. The lowest BCUT2D eigenvalue weighted by Gasteiger charge is -2.31. The Labute approximate surface area is 173 Å². The molecule has 1 saturated carbocycles. The van der Waals surface area contributed by atoms with Crippen LogP contribution in [0.2, 0.25) is 0 Å². The van der Waals surface area contributed by atoms with E-state index in [1.165, 1.54) is 22.3 Å². The van der Waals surface area contributed by atoms with Crippen LogP contribution in [-0.2, 0) is 17.8 Å². The third-order valence-electron chi connectivity index (χ3n) is 6.44. The lowest BCUT2D eigenvalue weighted by molar-refractivity contribution is -0.124. The molecule has 0 aliphatic heterocycles. The van der Waals surface area contributed by atoms with Gasteiger partial charge >= 0.3 is 0 Å². The summed E-state index contributed by atoms with van der Waals surface area (Å²) in [6.07, 6.45) is 5.63. The van der Waals surface area contributed by atoms with Crippen molar-refractivity contribution in [2.45, 2.75) is 63.6 Å². The zero-order valence-corrected chi connectivity index (χ0v) is 17.2. The minimum atomic E-state index is -0.666. The topological polar surface area (TPSA) is 56.1 Å². The zero-order valence-electron chi connectivity index (χ0n) is 17.2. The van der Waals surface area contributed by atoms with Crippen molar-refractivity contribution in [2.24, 2.45) is 0 Å². The molecule has 2 aromatic rings. The highest BCUT2D eigenvalue weighted by molar-refractivity contribution is 5.79. The van der Waals surface area contributed by atoms with Gasteiger partial charge in [0, 0.05) is 12.6 Å². The van der Waals surface area contributed by atoms with Crippen LogP contribution in [0.4, 0.5) is 0 Å². The second-order valence-corrected chi connectivity index (χ2v) is 8.59. The first-order valence-corrected chi connectivity index (χ1v) is 10.7. The average molecular weight is 388 g/mol. The summed E-state index contributed by atoms with van der Waals surface area (Å²) in [7, 11) is 0. The van der Waals surface area contributed by atoms with E-state index in [1.807, 2.05) is 0 Å². The monoisotopic (exact) mass is 387 g/mol. The van der Waals surface area contributed by atoms with E-state index in [9.17, 15) is 10.1 Å².